The number of hydrogen-bond donors (Lipinski definition) is 5. The zero-order valence-electron chi connectivity index (χ0n) is 11.9. The van der Waals surface area contributed by atoms with Gasteiger partial charge in [-0.15, -0.1) is 0 Å². The van der Waals surface area contributed by atoms with E-state index in [4.69, 9.17) is 14.5 Å². The summed E-state index contributed by atoms with van der Waals surface area (Å²) in [5, 5.41) is 19.9. The van der Waals surface area contributed by atoms with Crippen LogP contribution in [0.1, 0.15) is 11.8 Å². The topological polar surface area (TPSA) is 171 Å². The fraction of sp³-hybridized carbons (Fsp3) is 0.455. The molecule has 1 saturated heterocycles. The van der Waals surface area contributed by atoms with Gasteiger partial charge in [0, 0.05) is 6.20 Å². The maximum absolute atomic E-state index is 11.9. The highest BCUT2D eigenvalue weighted by atomic mass is 79.9. The van der Waals surface area contributed by atoms with E-state index in [9.17, 15) is 24.4 Å². The Labute approximate surface area is 142 Å². The van der Waals surface area contributed by atoms with E-state index in [1.165, 1.54) is 11.1 Å². The van der Waals surface area contributed by atoms with Crippen LogP contribution in [0, 0.1) is 0 Å². The molecule has 24 heavy (non-hydrogen) atoms. The van der Waals surface area contributed by atoms with Gasteiger partial charge in [-0.2, -0.15) is 0 Å². The summed E-state index contributed by atoms with van der Waals surface area (Å²) in [6, 6.07) is 0. The summed E-state index contributed by atoms with van der Waals surface area (Å²) in [5.41, 5.74) is -1.48. The number of nitrogens with one attached hydrogen (secondary N) is 1. The smallest absolute Gasteiger partial charge is 0.387 e. The molecule has 0 aliphatic carbocycles. The van der Waals surface area contributed by atoms with Gasteiger partial charge >= 0.3 is 13.5 Å². The second-order valence-electron chi connectivity index (χ2n) is 4.88. The molecule has 13 heteroatoms. The molecule has 2 unspecified atom stereocenters. The third kappa shape index (κ3) is 4.29. The molecular weight excluding hydrogens is 415 g/mol. The summed E-state index contributed by atoms with van der Waals surface area (Å²) in [7, 11) is -4.79. The van der Waals surface area contributed by atoms with Crippen LogP contribution in [0.5, 0.6) is 0 Å². The highest BCUT2D eigenvalue weighted by molar-refractivity contribution is 9.11. The second-order valence-corrected chi connectivity index (χ2v) is 6.64. The first-order valence-corrected chi connectivity index (χ1v) is 8.92. The SMILES string of the molecule is O=c1[nH]c(=O)n([C@@H]2O[C@H](COP(=O)(O)O)C(O)C2O)cc1/C=C\Br. The number of H-pyrrole nitrogens is 1. The largest absolute Gasteiger partial charge is 0.469 e. The van der Waals surface area contributed by atoms with Crippen molar-refractivity contribution < 1.29 is 33.8 Å². The van der Waals surface area contributed by atoms with Gasteiger partial charge in [0.1, 0.15) is 18.3 Å². The quantitative estimate of drug-likeness (QED) is 0.354. The minimum absolute atomic E-state index is 0.0756. The summed E-state index contributed by atoms with van der Waals surface area (Å²) in [6.07, 6.45) is -3.34. The van der Waals surface area contributed by atoms with Crippen molar-refractivity contribution in [2.45, 2.75) is 24.5 Å². The lowest BCUT2D eigenvalue weighted by atomic mass is 10.1. The molecule has 1 aromatic heterocycles. The van der Waals surface area contributed by atoms with E-state index in [0.717, 1.165) is 10.8 Å². The molecule has 134 valence electrons. The van der Waals surface area contributed by atoms with Gasteiger partial charge < -0.3 is 24.7 Å². The Morgan fingerprint density at radius 2 is 2.04 bits per heavy atom. The number of aromatic amines is 1. The monoisotopic (exact) mass is 428 g/mol. The molecule has 4 atom stereocenters. The van der Waals surface area contributed by atoms with Gasteiger partial charge in [-0.3, -0.25) is 18.9 Å². The van der Waals surface area contributed by atoms with Crippen molar-refractivity contribution in [3.63, 3.8) is 0 Å². The van der Waals surface area contributed by atoms with Gasteiger partial charge in [0.2, 0.25) is 0 Å². The summed E-state index contributed by atoms with van der Waals surface area (Å²) in [4.78, 5) is 44.3. The van der Waals surface area contributed by atoms with E-state index in [0.29, 0.717) is 0 Å². The number of halogens is 1. The van der Waals surface area contributed by atoms with E-state index >= 15 is 0 Å². The van der Waals surface area contributed by atoms with E-state index < -0.39 is 50.2 Å². The van der Waals surface area contributed by atoms with Crippen LogP contribution >= 0.6 is 23.8 Å². The van der Waals surface area contributed by atoms with Gasteiger partial charge in [0.15, 0.2) is 6.23 Å². The predicted octanol–water partition coefficient (Wildman–Crippen LogP) is -1.37. The lowest BCUT2D eigenvalue weighted by Gasteiger charge is -2.17. The molecule has 0 aromatic carbocycles. The molecule has 0 radical (unpaired) electrons. The van der Waals surface area contributed by atoms with Crippen LogP contribution in [-0.2, 0) is 13.8 Å². The van der Waals surface area contributed by atoms with E-state index in [1.807, 2.05) is 4.98 Å². The van der Waals surface area contributed by atoms with Gasteiger partial charge in [-0.05, 0) is 11.1 Å². The van der Waals surface area contributed by atoms with Crippen molar-refractivity contribution in [3.05, 3.63) is 37.6 Å². The maximum Gasteiger partial charge on any atom is 0.469 e. The van der Waals surface area contributed by atoms with E-state index in [1.54, 1.807) is 0 Å². The zero-order chi connectivity index (χ0) is 18.1. The van der Waals surface area contributed by atoms with Crippen molar-refractivity contribution in [3.8, 4) is 0 Å². The summed E-state index contributed by atoms with van der Waals surface area (Å²) < 4.78 is 21.1. The lowest BCUT2D eigenvalue weighted by molar-refractivity contribution is -0.0543. The third-order valence-electron chi connectivity index (χ3n) is 3.26. The van der Waals surface area contributed by atoms with Gasteiger partial charge in [0.05, 0.1) is 12.2 Å². The van der Waals surface area contributed by atoms with Gasteiger partial charge in [0.25, 0.3) is 5.56 Å². The zero-order valence-corrected chi connectivity index (χ0v) is 14.3. The molecule has 1 aliphatic rings. The number of phosphoric acid groups is 1. The van der Waals surface area contributed by atoms with E-state index in [-0.39, 0.29) is 5.56 Å². The summed E-state index contributed by atoms with van der Waals surface area (Å²) in [6.45, 7) is -0.703. The fourth-order valence-electron chi connectivity index (χ4n) is 2.14. The van der Waals surface area contributed by atoms with Crippen LogP contribution in [0.3, 0.4) is 0 Å². The number of hydrogen-bond acceptors (Lipinski definition) is 7. The van der Waals surface area contributed by atoms with Crippen molar-refractivity contribution >= 4 is 29.8 Å². The highest BCUT2D eigenvalue weighted by Crippen LogP contribution is 2.38. The Morgan fingerprint density at radius 1 is 1.38 bits per heavy atom. The molecule has 0 spiro atoms. The van der Waals surface area contributed by atoms with Crippen LogP contribution in [0.2, 0.25) is 0 Å². The molecule has 5 N–H and O–H groups in total. The van der Waals surface area contributed by atoms with Crippen LogP contribution in [-0.4, -0.2) is 54.5 Å². The molecule has 0 bridgehead atoms. The molecule has 11 nitrogen and oxygen atoms in total. The van der Waals surface area contributed by atoms with Crippen LogP contribution in [0.25, 0.3) is 6.08 Å². The first-order valence-electron chi connectivity index (χ1n) is 6.48. The van der Waals surface area contributed by atoms with Crippen LogP contribution in [0.4, 0.5) is 0 Å². The Morgan fingerprint density at radius 3 is 2.62 bits per heavy atom. The molecule has 0 saturated carbocycles. The lowest BCUT2D eigenvalue weighted by Crippen LogP contribution is -2.38. The number of aliphatic hydroxyl groups excluding tert-OH is 2. The Hall–Kier alpha value is -1.11. The van der Waals surface area contributed by atoms with Crippen molar-refractivity contribution in [2.75, 3.05) is 6.61 Å². The van der Waals surface area contributed by atoms with Crippen molar-refractivity contribution in [1.82, 2.24) is 9.55 Å². The number of ether oxygens (including phenoxy) is 1. The predicted molar refractivity (Wildman–Crippen MR) is 83.2 cm³/mol. The van der Waals surface area contributed by atoms with Crippen molar-refractivity contribution in [1.29, 1.82) is 0 Å². The number of aliphatic hydroxyl groups is 2. The minimum atomic E-state index is -4.79. The standard InChI is InChI=1S/C11H14BrN2O9P/c12-2-1-5-3-14(11(18)13-9(5)17)10-8(16)7(15)6(23-10)4-22-24(19,20)21/h1-3,6-8,10,15-16H,4H2,(H,13,17,18)(H2,19,20,21)/b2-1-/t6-,7?,8?,10-/m1/s1. The Kier molecular flexibility index (Phi) is 5.94. The number of rotatable bonds is 5. The van der Waals surface area contributed by atoms with Crippen LogP contribution in [0.15, 0.2) is 20.8 Å². The second kappa shape index (κ2) is 7.42. The summed E-state index contributed by atoms with van der Waals surface area (Å²) >= 11 is 2.99. The Bertz CT molecular complexity index is 784. The fourth-order valence-corrected chi connectivity index (χ4v) is 2.77. The maximum atomic E-state index is 11.9. The first kappa shape index (κ1) is 19.2. The van der Waals surface area contributed by atoms with E-state index in [2.05, 4.69) is 20.5 Å². The minimum Gasteiger partial charge on any atom is -0.387 e. The van der Waals surface area contributed by atoms with Crippen molar-refractivity contribution in [2.24, 2.45) is 0 Å². The average molecular weight is 429 g/mol. The average Bonchev–Trinajstić information content (AvgIpc) is 2.75. The van der Waals surface area contributed by atoms with Gasteiger partial charge in [-0.25, -0.2) is 9.36 Å². The Balaban J connectivity index is 2.29. The normalized spacial score (nSPS) is 27.9. The first-order chi connectivity index (χ1) is 11.1. The molecule has 2 rings (SSSR count). The van der Waals surface area contributed by atoms with Crippen LogP contribution < -0.4 is 11.2 Å². The molecule has 1 fully saturated rings. The summed E-state index contributed by atoms with van der Waals surface area (Å²) in [5.74, 6) is 0. The molecular formula is C11H14BrN2O9P. The highest BCUT2D eigenvalue weighted by Gasteiger charge is 2.45. The number of nitrogens with zero attached hydrogens (tertiary/aromatic N) is 1. The molecule has 1 aliphatic heterocycles. The molecule has 0 amide bonds. The third-order valence-corrected chi connectivity index (χ3v) is 4.01. The molecule has 1 aromatic rings. The number of aromatic nitrogens is 2. The molecule has 2 heterocycles. The van der Waals surface area contributed by atoms with Gasteiger partial charge in [-0.1, -0.05) is 15.9 Å². The number of phosphoric ester groups is 1.